The number of nitrogens with one attached hydrogen (secondary N) is 2. The smallest absolute Gasteiger partial charge is 0.243 e. The van der Waals surface area contributed by atoms with Crippen molar-refractivity contribution >= 4 is 11.8 Å². The van der Waals surface area contributed by atoms with E-state index in [4.69, 9.17) is 9.47 Å². The van der Waals surface area contributed by atoms with Gasteiger partial charge < -0.3 is 20.1 Å². The highest BCUT2D eigenvalue weighted by molar-refractivity contribution is 5.90. The van der Waals surface area contributed by atoms with Gasteiger partial charge in [-0.05, 0) is 44.9 Å². The highest BCUT2D eigenvalue weighted by Crippen LogP contribution is 2.30. The number of carbonyl (C=O) groups excluding carboxylic acids is 2. The fourth-order valence-corrected chi connectivity index (χ4v) is 2.55. The molecule has 0 bridgehead atoms. The summed E-state index contributed by atoms with van der Waals surface area (Å²) in [5.74, 6) is 1.13. The Hall–Kier alpha value is -2.24. The standard InChI is InChI=1S/C17H24N2O4/c1-4-22-14-8-6-12(10-15(14)23-5-2)11(3)18-17(21)13-7-9-16(20)19-13/h6,8,10-11,13H,4-5,7,9H2,1-3H3,(H,18,21)(H,19,20). The predicted molar refractivity (Wildman–Crippen MR) is 86.5 cm³/mol. The fourth-order valence-electron chi connectivity index (χ4n) is 2.55. The first-order valence-electron chi connectivity index (χ1n) is 8.04. The van der Waals surface area contributed by atoms with Crippen LogP contribution in [0.2, 0.25) is 0 Å². The number of benzene rings is 1. The Morgan fingerprint density at radius 1 is 1.30 bits per heavy atom. The first-order chi connectivity index (χ1) is 11.0. The molecule has 6 heteroatoms. The highest BCUT2D eigenvalue weighted by atomic mass is 16.5. The topological polar surface area (TPSA) is 76.7 Å². The summed E-state index contributed by atoms with van der Waals surface area (Å²) in [7, 11) is 0. The first-order valence-corrected chi connectivity index (χ1v) is 8.04. The molecule has 0 saturated carbocycles. The van der Waals surface area contributed by atoms with E-state index in [1.54, 1.807) is 0 Å². The average Bonchev–Trinajstić information content (AvgIpc) is 2.96. The zero-order valence-electron chi connectivity index (χ0n) is 13.8. The minimum atomic E-state index is -0.431. The van der Waals surface area contributed by atoms with Gasteiger partial charge in [-0.15, -0.1) is 0 Å². The van der Waals surface area contributed by atoms with Crippen molar-refractivity contribution in [1.82, 2.24) is 10.6 Å². The lowest BCUT2D eigenvalue weighted by Crippen LogP contribution is -2.42. The van der Waals surface area contributed by atoms with Crippen LogP contribution < -0.4 is 20.1 Å². The Labute approximate surface area is 136 Å². The fraction of sp³-hybridized carbons (Fsp3) is 0.529. The third-order valence-corrected chi connectivity index (χ3v) is 3.74. The van der Waals surface area contributed by atoms with Crippen molar-refractivity contribution in [2.45, 2.75) is 45.7 Å². The van der Waals surface area contributed by atoms with E-state index >= 15 is 0 Å². The molecule has 2 atom stereocenters. The number of ether oxygens (including phenoxy) is 2. The van der Waals surface area contributed by atoms with E-state index < -0.39 is 6.04 Å². The Morgan fingerprint density at radius 2 is 2.00 bits per heavy atom. The lowest BCUT2D eigenvalue weighted by atomic mass is 10.1. The molecule has 6 nitrogen and oxygen atoms in total. The van der Waals surface area contributed by atoms with Crippen LogP contribution in [0.4, 0.5) is 0 Å². The number of carbonyl (C=O) groups is 2. The summed E-state index contributed by atoms with van der Waals surface area (Å²) < 4.78 is 11.1. The molecular weight excluding hydrogens is 296 g/mol. The van der Waals surface area contributed by atoms with Gasteiger partial charge in [-0.3, -0.25) is 9.59 Å². The summed E-state index contributed by atoms with van der Waals surface area (Å²) in [6.07, 6.45) is 0.953. The highest BCUT2D eigenvalue weighted by Gasteiger charge is 2.28. The van der Waals surface area contributed by atoms with Crippen molar-refractivity contribution in [3.05, 3.63) is 23.8 Å². The molecular formula is C17H24N2O4. The van der Waals surface area contributed by atoms with Gasteiger partial charge in [0.05, 0.1) is 19.3 Å². The zero-order valence-corrected chi connectivity index (χ0v) is 13.8. The molecule has 1 aromatic carbocycles. The van der Waals surface area contributed by atoms with Crippen molar-refractivity contribution in [2.24, 2.45) is 0 Å². The molecule has 0 spiro atoms. The van der Waals surface area contributed by atoms with E-state index in [9.17, 15) is 9.59 Å². The second-order valence-corrected chi connectivity index (χ2v) is 5.46. The second kappa shape index (κ2) is 7.85. The Kier molecular flexibility index (Phi) is 5.84. The van der Waals surface area contributed by atoms with E-state index in [0.717, 1.165) is 5.56 Å². The lowest BCUT2D eigenvalue weighted by molar-refractivity contribution is -0.126. The molecule has 1 aliphatic heterocycles. The van der Waals surface area contributed by atoms with Crippen LogP contribution in [0.15, 0.2) is 18.2 Å². The minimum absolute atomic E-state index is 0.0718. The molecule has 126 valence electrons. The number of hydrogen-bond donors (Lipinski definition) is 2. The first kappa shape index (κ1) is 17.1. The van der Waals surface area contributed by atoms with Crippen LogP contribution >= 0.6 is 0 Å². The summed E-state index contributed by atoms with van der Waals surface area (Å²) in [6.45, 7) is 6.84. The van der Waals surface area contributed by atoms with Gasteiger partial charge in [-0.2, -0.15) is 0 Å². The molecule has 1 aliphatic rings. The normalized spacial score (nSPS) is 18.2. The minimum Gasteiger partial charge on any atom is -0.490 e. The van der Waals surface area contributed by atoms with Gasteiger partial charge in [0.25, 0.3) is 0 Å². The number of amides is 2. The lowest BCUT2D eigenvalue weighted by Gasteiger charge is -2.19. The Bertz CT molecular complexity index is 574. The van der Waals surface area contributed by atoms with Crippen LogP contribution in [0, 0.1) is 0 Å². The maximum atomic E-state index is 12.2. The molecule has 0 radical (unpaired) electrons. The van der Waals surface area contributed by atoms with Crippen molar-refractivity contribution in [1.29, 1.82) is 0 Å². The largest absolute Gasteiger partial charge is 0.490 e. The van der Waals surface area contributed by atoms with E-state index in [-0.39, 0.29) is 17.9 Å². The molecule has 2 unspecified atom stereocenters. The van der Waals surface area contributed by atoms with Crippen molar-refractivity contribution in [3.63, 3.8) is 0 Å². The summed E-state index contributed by atoms with van der Waals surface area (Å²) in [5.41, 5.74) is 0.926. The van der Waals surface area contributed by atoms with Gasteiger partial charge in [0.15, 0.2) is 11.5 Å². The van der Waals surface area contributed by atoms with Gasteiger partial charge in [0.1, 0.15) is 6.04 Å². The average molecular weight is 320 g/mol. The SMILES string of the molecule is CCOc1ccc(C(C)NC(=O)C2CCC(=O)N2)cc1OCC. The molecule has 23 heavy (non-hydrogen) atoms. The van der Waals surface area contributed by atoms with Crippen LogP contribution in [0.5, 0.6) is 11.5 Å². The van der Waals surface area contributed by atoms with Gasteiger partial charge in [-0.1, -0.05) is 6.07 Å². The van der Waals surface area contributed by atoms with Gasteiger partial charge in [-0.25, -0.2) is 0 Å². The maximum absolute atomic E-state index is 12.2. The molecule has 2 rings (SSSR count). The van der Waals surface area contributed by atoms with Gasteiger partial charge >= 0.3 is 0 Å². The van der Waals surface area contributed by atoms with Gasteiger partial charge in [0, 0.05) is 6.42 Å². The van der Waals surface area contributed by atoms with Crippen molar-refractivity contribution < 1.29 is 19.1 Å². The molecule has 1 fully saturated rings. The number of hydrogen-bond acceptors (Lipinski definition) is 4. The quantitative estimate of drug-likeness (QED) is 0.805. The summed E-state index contributed by atoms with van der Waals surface area (Å²) in [6, 6.07) is 5.02. The number of rotatable bonds is 7. The van der Waals surface area contributed by atoms with Crippen LogP contribution in [-0.2, 0) is 9.59 Å². The van der Waals surface area contributed by atoms with E-state index in [1.165, 1.54) is 0 Å². The summed E-state index contributed by atoms with van der Waals surface area (Å²) in [5, 5.41) is 5.60. The molecule has 1 heterocycles. The van der Waals surface area contributed by atoms with E-state index in [1.807, 2.05) is 39.0 Å². The molecule has 2 amide bonds. The van der Waals surface area contributed by atoms with Crippen LogP contribution in [0.3, 0.4) is 0 Å². The molecule has 1 aromatic rings. The maximum Gasteiger partial charge on any atom is 0.243 e. The predicted octanol–water partition coefficient (Wildman–Crippen LogP) is 1.94. The van der Waals surface area contributed by atoms with Crippen molar-refractivity contribution in [3.8, 4) is 11.5 Å². The van der Waals surface area contributed by atoms with Crippen molar-refractivity contribution in [2.75, 3.05) is 13.2 Å². The third kappa shape index (κ3) is 4.37. The molecule has 0 aromatic heterocycles. The Morgan fingerprint density at radius 3 is 2.61 bits per heavy atom. The zero-order chi connectivity index (χ0) is 16.8. The molecule has 2 N–H and O–H groups in total. The van der Waals surface area contributed by atoms with Crippen LogP contribution in [-0.4, -0.2) is 31.1 Å². The van der Waals surface area contributed by atoms with Crippen LogP contribution in [0.25, 0.3) is 0 Å². The van der Waals surface area contributed by atoms with E-state index in [0.29, 0.717) is 37.6 Å². The third-order valence-electron chi connectivity index (χ3n) is 3.74. The molecule has 1 saturated heterocycles. The van der Waals surface area contributed by atoms with Crippen LogP contribution in [0.1, 0.15) is 45.2 Å². The monoisotopic (exact) mass is 320 g/mol. The Balaban J connectivity index is 2.06. The molecule has 0 aliphatic carbocycles. The van der Waals surface area contributed by atoms with E-state index in [2.05, 4.69) is 10.6 Å². The summed E-state index contributed by atoms with van der Waals surface area (Å²) in [4.78, 5) is 23.4. The second-order valence-electron chi connectivity index (χ2n) is 5.46. The summed E-state index contributed by atoms with van der Waals surface area (Å²) >= 11 is 0. The van der Waals surface area contributed by atoms with Gasteiger partial charge in [0.2, 0.25) is 11.8 Å².